The van der Waals surface area contributed by atoms with E-state index in [4.69, 9.17) is 4.74 Å². The first kappa shape index (κ1) is 20.3. The van der Waals surface area contributed by atoms with Crippen LogP contribution in [0.5, 0.6) is 5.75 Å². The molecule has 2 bridgehead atoms. The number of hydrogen-bond donors (Lipinski definition) is 1. The van der Waals surface area contributed by atoms with Crippen molar-refractivity contribution in [1.82, 2.24) is 19.6 Å². The Morgan fingerprint density at radius 2 is 2.00 bits per heavy atom. The topological polar surface area (TPSA) is 67.6 Å². The van der Waals surface area contributed by atoms with Gasteiger partial charge in [-0.3, -0.25) is 0 Å². The number of ether oxygens (including phenoxy) is 1. The molecule has 1 N–H and O–H groups in total. The normalized spacial score (nSPS) is 24.5. The molecule has 0 aromatic carbocycles. The second-order valence-electron chi connectivity index (χ2n) is 8.27. The van der Waals surface area contributed by atoms with E-state index in [1.54, 1.807) is 23.6 Å². The Morgan fingerprint density at radius 3 is 2.65 bits per heavy atom. The second-order valence-corrected chi connectivity index (χ2v) is 9.48. The van der Waals surface area contributed by atoms with Gasteiger partial charge in [-0.25, -0.2) is 9.50 Å². The summed E-state index contributed by atoms with van der Waals surface area (Å²) in [6, 6.07) is 3.32. The van der Waals surface area contributed by atoms with Crippen LogP contribution in [0.25, 0.3) is 5.65 Å². The van der Waals surface area contributed by atoms with Gasteiger partial charge in [-0.15, -0.1) is 16.4 Å². The largest absolute Gasteiger partial charge is 0.477 e. The number of piperidine rings is 1. The first-order chi connectivity index (χ1) is 14.8. The number of anilines is 2. The van der Waals surface area contributed by atoms with Crippen LogP contribution in [0.3, 0.4) is 0 Å². The zero-order chi connectivity index (χ0) is 21.8. The number of nitrogens with one attached hydrogen (secondary N) is 1. The molecule has 166 valence electrons. The van der Waals surface area contributed by atoms with Gasteiger partial charge < -0.3 is 15.0 Å². The summed E-state index contributed by atoms with van der Waals surface area (Å²) < 4.78 is 45.3. The summed E-state index contributed by atoms with van der Waals surface area (Å²) in [6.07, 6.45) is -0.523. The third-order valence-corrected chi connectivity index (χ3v) is 7.12. The molecule has 11 heteroatoms. The molecule has 0 spiro atoms. The number of nitrogens with zero attached hydrogens (tertiary/aromatic N) is 5. The van der Waals surface area contributed by atoms with Gasteiger partial charge in [0.15, 0.2) is 17.5 Å². The third-order valence-electron chi connectivity index (χ3n) is 6.14. The molecule has 7 nitrogen and oxygen atoms in total. The summed E-state index contributed by atoms with van der Waals surface area (Å²) in [5, 5.41) is 10.2. The van der Waals surface area contributed by atoms with Crippen LogP contribution >= 0.6 is 11.3 Å². The Hall–Kier alpha value is -2.56. The Bertz CT molecular complexity index is 1070. The minimum absolute atomic E-state index is 0.0613. The molecule has 2 unspecified atom stereocenters. The van der Waals surface area contributed by atoms with Crippen molar-refractivity contribution in [3.8, 4) is 5.75 Å². The molecule has 0 radical (unpaired) electrons. The summed E-state index contributed by atoms with van der Waals surface area (Å²) in [4.78, 5) is 11.2. The zero-order valence-corrected chi connectivity index (χ0v) is 18.0. The molecule has 4 atom stereocenters. The molecular weight excluding hydrogens is 429 g/mol. The summed E-state index contributed by atoms with van der Waals surface area (Å²) in [5.41, 5.74) is 0.269. The summed E-state index contributed by atoms with van der Waals surface area (Å²) >= 11 is 1.71. The minimum Gasteiger partial charge on any atom is -0.477 e. The fourth-order valence-electron chi connectivity index (χ4n) is 4.58. The second kappa shape index (κ2) is 7.54. The van der Waals surface area contributed by atoms with Crippen LogP contribution in [-0.2, 0) is 0 Å². The van der Waals surface area contributed by atoms with Gasteiger partial charge in [-0.05, 0) is 50.7 Å². The predicted octanol–water partition coefficient (Wildman–Crippen LogP) is 4.15. The molecule has 1 aliphatic heterocycles. The van der Waals surface area contributed by atoms with Gasteiger partial charge in [0.25, 0.3) is 0 Å². The van der Waals surface area contributed by atoms with E-state index in [2.05, 4.69) is 25.3 Å². The lowest BCUT2D eigenvalue weighted by atomic mass is 9.92. The Morgan fingerprint density at radius 1 is 1.26 bits per heavy atom. The SMILES string of the molecule is Cc1ncc(N2C[C@H]3CC[C@@H](C2)C3Nc2nc3c(OC(C)C(F)(F)F)cccn3n2)s1. The molecule has 31 heavy (non-hydrogen) atoms. The van der Waals surface area contributed by atoms with Crippen LogP contribution < -0.4 is 15.0 Å². The van der Waals surface area contributed by atoms with Crippen LogP contribution in [0.4, 0.5) is 24.1 Å². The van der Waals surface area contributed by atoms with Gasteiger partial charge in [0.2, 0.25) is 5.95 Å². The number of pyridine rings is 1. The number of thiazole rings is 1. The highest BCUT2D eigenvalue weighted by atomic mass is 32.1. The lowest BCUT2D eigenvalue weighted by Crippen LogP contribution is -2.48. The van der Waals surface area contributed by atoms with Crippen molar-refractivity contribution in [2.75, 3.05) is 23.3 Å². The molecule has 4 heterocycles. The highest BCUT2D eigenvalue weighted by molar-refractivity contribution is 7.15. The van der Waals surface area contributed by atoms with E-state index in [-0.39, 0.29) is 17.4 Å². The van der Waals surface area contributed by atoms with Crippen molar-refractivity contribution < 1.29 is 17.9 Å². The first-order valence-electron chi connectivity index (χ1n) is 10.3. The van der Waals surface area contributed by atoms with Crippen molar-refractivity contribution in [3.63, 3.8) is 0 Å². The van der Waals surface area contributed by atoms with Gasteiger partial charge in [-0.1, -0.05) is 0 Å². The van der Waals surface area contributed by atoms with Crippen molar-refractivity contribution in [2.45, 2.75) is 45.0 Å². The van der Waals surface area contributed by atoms with Gasteiger partial charge in [0.1, 0.15) is 5.00 Å². The molecule has 5 rings (SSSR count). The maximum absolute atomic E-state index is 12.9. The van der Waals surface area contributed by atoms with E-state index < -0.39 is 12.3 Å². The maximum atomic E-state index is 12.9. The molecule has 1 aliphatic carbocycles. The molecular formula is C20H23F3N6OS. The van der Waals surface area contributed by atoms with Crippen molar-refractivity contribution in [2.24, 2.45) is 11.8 Å². The third kappa shape index (κ3) is 3.90. The molecule has 3 aromatic rings. The van der Waals surface area contributed by atoms with E-state index in [0.29, 0.717) is 17.8 Å². The summed E-state index contributed by atoms with van der Waals surface area (Å²) in [5.74, 6) is 1.38. The molecule has 2 aliphatic rings. The lowest BCUT2D eigenvalue weighted by molar-refractivity contribution is -0.189. The average molecular weight is 453 g/mol. The minimum atomic E-state index is -4.45. The Balaban J connectivity index is 1.33. The van der Waals surface area contributed by atoms with E-state index in [0.717, 1.165) is 37.9 Å². The van der Waals surface area contributed by atoms with Crippen LogP contribution in [0, 0.1) is 18.8 Å². The molecule has 3 aromatic heterocycles. The first-order valence-corrected chi connectivity index (χ1v) is 11.1. The fourth-order valence-corrected chi connectivity index (χ4v) is 5.37. The van der Waals surface area contributed by atoms with Crippen molar-refractivity contribution in [3.05, 3.63) is 29.5 Å². The van der Waals surface area contributed by atoms with Crippen molar-refractivity contribution in [1.29, 1.82) is 0 Å². The zero-order valence-electron chi connectivity index (χ0n) is 17.1. The van der Waals surface area contributed by atoms with Crippen LogP contribution in [0.15, 0.2) is 24.5 Å². The number of aromatic nitrogens is 4. The highest BCUT2D eigenvalue weighted by Gasteiger charge is 2.43. The van der Waals surface area contributed by atoms with E-state index >= 15 is 0 Å². The van der Waals surface area contributed by atoms with Crippen LogP contribution in [0.2, 0.25) is 0 Å². The molecule has 2 fully saturated rings. The maximum Gasteiger partial charge on any atom is 0.425 e. The predicted molar refractivity (Wildman–Crippen MR) is 112 cm³/mol. The van der Waals surface area contributed by atoms with E-state index in [9.17, 15) is 13.2 Å². The highest BCUT2D eigenvalue weighted by Crippen LogP contribution is 2.41. The number of rotatable bonds is 5. The van der Waals surface area contributed by atoms with Gasteiger partial charge >= 0.3 is 6.18 Å². The summed E-state index contributed by atoms with van der Waals surface area (Å²) in [7, 11) is 0. The monoisotopic (exact) mass is 452 g/mol. The van der Waals surface area contributed by atoms with Crippen LogP contribution in [-0.4, -0.2) is 51.0 Å². The number of fused-ring (bicyclic) bond motifs is 3. The van der Waals surface area contributed by atoms with E-state index in [1.807, 2.05) is 13.1 Å². The number of hydrogen-bond acceptors (Lipinski definition) is 7. The molecule has 0 amide bonds. The quantitative estimate of drug-likeness (QED) is 0.627. The number of aryl methyl sites for hydroxylation is 1. The van der Waals surface area contributed by atoms with E-state index in [1.165, 1.54) is 15.6 Å². The fraction of sp³-hybridized carbons (Fsp3) is 0.550. The smallest absolute Gasteiger partial charge is 0.425 e. The summed E-state index contributed by atoms with van der Waals surface area (Å²) in [6.45, 7) is 4.88. The average Bonchev–Trinajstić information content (AvgIpc) is 3.38. The number of alkyl halides is 3. The van der Waals surface area contributed by atoms with Crippen LogP contribution in [0.1, 0.15) is 24.8 Å². The van der Waals surface area contributed by atoms with Gasteiger partial charge in [-0.2, -0.15) is 18.2 Å². The van der Waals surface area contributed by atoms with Gasteiger partial charge in [0, 0.05) is 25.3 Å². The van der Waals surface area contributed by atoms with Crippen molar-refractivity contribution >= 4 is 27.9 Å². The molecule has 1 saturated carbocycles. The number of halogens is 3. The standard InChI is InChI=1S/C20H23F3N6OS/c1-11(20(21,22)23)30-15-4-3-7-29-18(15)26-19(27-29)25-17-13-5-6-14(17)10-28(9-13)16-8-24-12(2)31-16/h3-4,7-8,11,13-14,17H,5-6,9-10H2,1-2H3,(H,25,27)/t11?,13-,14+,17?. The Kier molecular flexibility index (Phi) is 4.95. The van der Waals surface area contributed by atoms with Gasteiger partial charge in [0.05, 0.1) is 11.2 Å². The molecule has 1 saturated heterocycles. The lowest BCUT2D eigenvalue weighted by Gasteiger charge is -2.38. The Labute approximate surface area is 181 Å².